The van der Waals surface area contributed by atoms with Crippen molar-refractivity contribution in [2.75, 3.05) is 51.3 Å². The smallest absolute Gasteiger partial charge is 0.320 e. The number of hydrogen-bond acceptors (Lipinski definition) is 4. The SMILES string of the molecule is CN(C(=O)N1CCOCC1)C1CCN(c2ccc3cc(Cl)ccc3n2)CC1. The molecule has 1 aromatic heterocycles. The van der Waals surface area contributed by atoms with Gasteiger partial charge in [-0.1, -0.05) is 11.6 Å². The molecule has 6 nitrogen and oxygen atoms in total. The molecule has 0 N–H and O–H groups in total. The van der Waals surface area contributed by atoms with Crippen LogP contribution in [-0.2, 0) is 4.74 Å². The summed E-state index contributed by atoms with van der Waals surface area (Å²) in [6.07, 6.45) is 1.90. The molecule has 0 aliphatic carbocycles. The quantitative estimate of drug-likeness (QED) is 0.792. The van der Waals surface area contributed by atoms with Crippen molar-refractivity contribution < 1.29 is 9.53 Å². The van der Waals surface area contributed by atoms with Crippen molar-refractivity contribution in [3.05, 3.63) is 35.4 Å². The van der Waals surface area contributed by atoms with Gasteiger partial charge in [0.05, 0.1) is 18.7 Å². The van der Waals surface area contributed by atoms with E-state index < -0.39 is 0 Å². The number of pyridine rings is 1. The standard InChI is InChI=1S/C20H25ClN4O2/c1-23(20(26)25-10-12-27-13-11-25)17-6-8-24(9-7-17)19-5-2-15-14-16(21)3-4-18(15)22-19/h2-5,14,17H,6-13H2,1H3. The Kier molecular flexibility index (Phi) is 5.36. The number of carbonyl (C=O) groups is 1. The van der Waals surface area contributed by atoms with E-state index in [0.29, 0.717) is 26.3 Å². The number of anilines is 1. The first-order valence-electron chi connectivity index (χ1n) is 9.52. The number of carbonyl (C=O) groups excluding carboxylic acids is 1. The Labute approximate surface area is 164 Å². The van der Waals surface area contributed by atoms with E-state index in [4.69, 9.17) is 21.3 Å². The van der Waals surface area contributed by atoms with Crippen LogP contribution in [0.2, 0.25) is 5.02 Å². The molecule has 2 amide bonds. The van der Waals surface area contributed by atoms with Gasteiger partial charge in [0, 0.05) is 49.7 Å². The van der Waals surface area contributed by atoms with E-state index in [1.54, 1.807) is 0 Å². The molecule has 1 aromatic carbocycles. The minimum absolute atomic E-state index is 0.123. The Morgan fingerprint density at radius 3 is 2.63 bits per heavy atom. The lowest BCUT2D eigenvalue weighted by Crippen LogP contribution is -2.52. The van der Waals surface area contributed by atoms with Crippen LogP contribution in [0.3, 0.4) is 0 Å². The summed E-state index contributed by atoms with van der Waals surface area (Å²) in [5.41, 5.74) is 0.957. The Hall–Kier alpha value is -2.05. The topological polar surface area (TPSA) is 48.9 Å². The fourth-order valence-corrected chi connectivity index (χ4v) is 4.06. The average Bonchev–Trinajstić information content (AvgIpc) is 2.73. The Morgan fingerprint density at radius 2 is 1.89 bits per heavy atom. The zero-order chi connectivity index (χ0) is 18.8. The maximum Gasteiger partial charge on any atom is 0.320 e. The highest BCUT2D eigenvalue weighted by Crippen LogP contribution is 2.25. The normalized spacial score (nSPS) is 18.7. The third-order valence-corrected chi connectivity index (χ3v) is 5.79. The first-order valence-corrected chi connectivity index (χ1v) is 9.90. The van der Waals surface area contributed by atoms with Gasteiger partial charge in [0.2, 0.25) is 0 Å². The van der Waals surface area contributed by atoms with Crippen LogP contribution in [0.4, 0.5) is 10.6 Å². The number of rotatable bonds is 2. The molecule has 0 spiro atoms. The van der Waals surface area contributed by atoms with Crippen LogP contribution in [0.1, 0.15) is 12.8 Å². The van der Waals surface area contributed by atoms with Crippen LogP contribution >= 0.6 is 11.6 Å². The molecule has 2 aliphatic rings. The zero-order valence-corrected chi connectivity index (χ0v) is 16.4. The third-order valence-electron chi connectivity index (χ3n) is 5.56. The minimum Gasteiger partial charge on any atom is -0.378 e. The molecule has 0 atom stereocenters. The second kappa shape index (κ2) is 7.90. The van der Waals surface area contributed by atoms with Crippen LogP contribution < -0.4 is 4.90 Å². The first kappa shape index (κ1) is 18.3. The summed E-state index contributed by atoms with van der Waals surface area (Å²) in [6.45, 7) is 4.45. The highest BCUT2D eigenvalue weighted by molar-refractivity contribution is 6.31. The summed E-state index contributed by atoms with van der Waals surface area (Å²) in [5, 5.41) is 1.78. The van der Waals surface area contributed by atoms with Crippen LogP contribution in [0.5, 0.6) is 0 Å². The fraction of sp³-hybridized carbons (Fsp3) is 0.500. The van der Waals surface area contributed by atoms with Crippen LogP contribution in [0.15, 0.2) is 30.3 Å². The largest absolute Gasteiger partial charge is 0.378 e. The molecule has 2 fully saturated rings. The summed E-state index contributed by atoms with van der Waals surface area (Å²) in [4.78, 5) is 23.6. The second-order valence-corrected chi connectivity index (χ2v) is 7.65. The van der Waals surface area contributed by atoms with Gasteiger partial charge in [-0.05, 0) is 43.2 Å². The van der Waals surface area contributed by atoms with Crippen LogP contribution in [-0.4, -0.2) is 73.3 Å². The van der Waals surface area contributed by atoms with Gasteiger partial charge >= 0.3 is 6.03 Å². The maximum atomic E-state index is 12.7. The van der Waals surface area contributed by atoms with Crippen molar-refractivity contribution in [3.63, 3.8) is 0 Å². The molecule has 2 aromatic rings. The number of fused-ring (bicyclic) bond motifs is 1. The second-order valence-electron chi connectivity index (χ2n) is 7.22. The zero-order valence-electron chi connectivity index (χ0n) is 15.6. The van der Waals surface area contributed by atoms with E-state index in [0.717, 1.165) is 47.7 Å². The van der Waals surface area contributed by atoms with E-state index in [2.05, 4.69) is 17.0 Å². The highest BCUT2D eigenvalue weighted by Gasteiger charge is 2.29. The molecule has 4 rings (SSSR count). The van der Waals surface area contributed by atoms with Crippen LogP contribution in [0.25, 0.3) is 10.9 Å². The highest BCUT2D eigenvalue weighted by atomic mass is 35.5. The van der Waals surface area contributed by atoms with E-state index >= 15 is 0 Å². The van der Waals surface area contributed by atoms with E-state index in [9.17, 15) is 4.79 Å². The van der Waals surface area contributed by atoms with Gasteiger partial charge in [-0.15, -0.1) is 0 Å². The molecule has 0 bridgehead atoms. The van der Waals surface area contributed by atoms with Crippen molar-refractivity contribution in [1.29, 1.82) is 0 Å². The van der Waals surface area contributed by atoms with Crippen molar-refractivity contribution in [1.82, 2.24) is 14.8 Å². The third kappa shape index (κ3) is 3.96. The molecule has 7 heteroatoms. The lowest BCUT2D eigenvalue weighted by Gasteiger charge is -2.39. The van der Waals surface area contributed by atoms with Gasteiger partial charge in [0.25, 0.3) is 0 Å². The number of urea groups is 1. The predicted molar refractivity (Wildman–Crippen MR) is 108 cm³/mol. The lowest BCUT2D eigenvalue weighted by atomic mass is 10.0. The predicted octanol–water partition coefficient (Wildman–Crippen LogP) is 3.24. The monoisotopic (exact) mass is 388 g/mol. The Morgan fingerprint density at radius 1 is 1.15 bits per heavy atom. The lowest BCUT2D eigenvalue weighted by molar-refractivity contribution is 0.0409. The average molecular weight is 389 g/mol. The van der Waals surface area contributed by atoms with Gasteiger partial charge in [0.15, 0.2) is 0 Å². The Bertz CT molecular complexity index is 817. The number of nitrogens with zero attached hydrogens (tertiary/aromatic N) is 4. The molecule has 3 heterocycles. The molecule has 0 radical (unpaired) electrons. The molecule has 2 saturated heterocycles. The Balaban J connectivity index is 1.38. The first-order chi connectivity index (χ1) is 13.1. The summed E-state index contributed by atoms with van der Waals surface area (Å²) < 4.78 is 5.34. The van der Waals surface area contributed by atoms with Crippen molar-refractivity contribution in [2.45, 2.75) is 18.9 Å². The molecular formula is C20H25ClN4O2. The van der Waals surface area contributed by atoms with Crippen molar-refractivity contribution in [2.24, 2.45) is 0 Å². The molecule has 27 heavy (non-hydrogen) atoms. The molecule has 2 aliphatic heterocycles. The van der Waals surface area contributed by atoms with Crippen molar-refractivity contribution in [3.8, 4) is 0 Å². The van der Waals surface area contributed by atoms with E-state index in [1.165, 1.54) is 0 Å². The van der Waals surface area contributed by atoms with Gasteiger partial charge in [-0.3, -0.25) is 0 Å². The summed E-state index contributed by atoms with van der Waals surface area (Å²) in [7, 11) is 1.93. The number of morpholine rings is 1. The van der Waals surface area contributed by atoms with Gasteiger partial charge in [0.1, 0.15) is 5.82 Å². The fourth-order valence-electron chi connectivity index (χ4n) is 3.88. The maximum absolute atomic E-state index is 12.7. The molecule has 0 saturated carbocycles. The van der Waals surface area contributed by atoms with Gasteiger partial charge < -0.3 is 19.4 Å². The number of ether oxygens (including phenoxy) is 1. The van der Waals surface area contributed by atoms with Crippen molar-refractivity contribution >= 4 is 34.4 Å². The van der Waals surface area contributed by atoms with Gasteiger partial charge in [-0.2, -0.15) is 0 Å². The van der Waals surface area contributed by atoms with Crippen LogP contribution in [0, 0.1) is 0 Å². The van der Waals surface area contributed by atoms with E-state index in [-0.39, 0.29) is 12.1 Å². The number of amides is 2. The molecule has 144 valence electrons. The van der Waals surface area contributed by atoms with Gasteiger partial charge in [-0.25, -0.2) is 9.78 Å². The number of benzene rings is 1. The summed E-state index contributed by atoms with van der Waals surface area (Å²) >= 11 is 6.05. The van der Waals surface area contributed by atoms with E-state index in [1.807, 2.05) is 35.0 Å². The number of piperidine rings is 1. The number of halogens is 1. The molecular weight excluding hydrogens is 364 g/mol. The number of aromatic nitrogens is 1. The minimum atomic E-state index is 0.123. The summed E-state index contributed by atoms with van der Waals surface area (Å²) in [5.74, 6) is 0.991. The number of hydrogen-bond donors (Lipinski definition) is 0. The summed E-state index contributed by atoms with van der Waals surface area (Å²) in [6, 6.07) is 10.3. The molecule has 0 unspecified atom stereocenters.